The highest BCUT2D eigenvalue weighted by atomic mass is 16.3. The average Bonchev–Trinajstić information content (AvgIpc) is 2.39. The summed E-state index contributed by atoms with van der Waals surface area (Å²) < 4.78 is 0. The van der Waals surface area contributed by atoms with Gasteiger partial charge in [-0.15, -0.1) is 0 Å². The highest BCUT2D eigenvalue weighted by molar-refractivity contribution is 5.81. The van der Waals surface area contributed by atoms with Crippen molar-refractivity contribution in [3.63, 3.8) is 0 Å². The number of amides is 1. The fraction of sp³-hybridized carbons (Fsp3) is 0.923. The molecule has 2 N–H and O–H groups in total. The van der Waals surface area contributed by atoms with E-state index in [0.717, 1.165) is 52.1 Å². The SMILES string of the molecule is CCCCNC(=O)C(C)N1CCN(CCO)CC1. The third-order valence-electron chi connectivity index (χ3n) is 3.58. The predicted molar refractivity (Wildman–Crippen MR) is 72.5 cm³/mol. The molecule has 0 bridgehead atoms. The average molecular weight is 257 g/mol. The first-order valence-electron chi connectivity index (χ1n) is 7.04. The monoisotopic (exact) mass is 257 g/mol. The van der Waals surface area contributed by atoms with Crippen molar-refractivity contribution in [2.45, 2.75) is 32.7 Å². The van der Waals surface area contributed by atoms with Crippen LogP contribution in [0, 0.1) is 0 Å². The second-order valence-corrected chi connectivity index (χ2v) is 4.92. The van der Waals surface area contributed by atoms with Crippen LogP contribution < -0.4 is 5.32 Å². The molecule has 5 heteroatoms. The molecule has 106 valence electrons. The predicted octanol–water partition coefficient (Wildman–Crippen LogP) is -0.0989. The lowest BCUT2D eigenvalue weighted by atomic mass is 10.2. The van der Waals surface area contributed by atoms with Gasteiger partial charge in [-0.25, -0.2) is 0 Å². The molecule has 1 rings (SSSR count). The molecule has 0 aromatic rings. The van der Waals surface area contributed by atoms with Gasteiger partial charge in [-0.3, -0.25) is 14.6 Å². The molecule has 1 atom stereocenters. The lowest BCUT2D eigenvalue weighted by Gasteiger charge is -2.37. The van der Waals surface area contributed by atoms with Crippen LogP contribution in [-0.4, -0.2) is 72.7 Å². The number of carbonyl (C=O) groups is 1. The summed E-state index contributed by atoms with van der Waals surface area (Å²) in [7, 11) is 0. The van der Waals surface area contributed by atoms with Crippen molar-refractivity contribution in [3.8, 4) is 0 Å². The molecule has 1 aliphatic rings. The summed E-state index contributed by atoms with van der Waals surface area (Å²) >= 11 is 0. The first-order valence-corrected chi connectivity index (χ1v) is 7.04. The molecular weight excluding hydrogens is 230 g/mol. The molecule has 1 amide bonds. The number of piperazine rings is 1. The Hall–Kier alpha value is -0.650. The Balaban J connectivity index is 2.26. The van der Waals surface area contributed by atoms with Gasteiger partial charge in [-0.1, -0.05) is 13.3 Å². The zero-order valence-corrected chi connectivity index (χ0v) is 11.7. The van der Waals surface area contributed by atoms with Crippen molar-refractivity contribution in [2.24, 2.45) is 0 Å². The second kappa shape index (κ2) is 8.45. The number of hydrogen-bond donors (Lipinski definition) is 2. The third-order valence-corrected chi connectivity index (χ3v) is 3.58. The molecule has 5 nitrogen and oxygen atoms in total. The largest absolute Gasteiger partial charge is 0.395 e. The van der Waals surface area contributed by atoms with E-state index in [1.54, 1.807) is 0 Å². The molecule has 1 heterocycles. The first-order chi connectivity index (χ1) is 8.69. The van der Waals surface area contributed by atoms with E-state index in [-0.39, 0.29) is 18.6 Å². The van der Waals surface area contributed by atoms with Gasteiger partial charge in [0.2, 0.25) is 5.91 Å². The molecule has 1 fully saturated rings. The number of nitrogens with zero attached hydrogens (tertiary/aromatic N) is 2. The van der Waals surface area contributed by atoms with Gasteiger partial charge in [-0.2, -0.15) is 0 Å². The zero-order chi connectivity index (χ0) is 13.4. The lowest BCUT2D eigenvalue weighted by Crippen LogP contribution is -2.54. The van der Waals surface area contributed by atoms with Crippen molar-refractivity contribution in [1.82, 2.24) is 15.1 Å². The summed E-state index contributed by atoms with van der Waals surface area (Å²) in [5.41, 5.74) is 0. The number of β-amino-alcohol motifs (C(OH)–C–C–N with tert-alkyl or cyclic N) is 1. The number of aliphatic hydroxyl groups excluding tert-OH is 1. The Morgan fingerprint density at radius 2 is 2.00 bits per heavy atom. The Morgan fingerprint density at radius 1 is 1.33 bits per heavy atom. The van der Waals surface area contributed by atoms with Gasteiger partial charge < -0.3 is 10.4 Å². The van der Waals surface area contributed by atoms with Gasteiger partial charge >= 0.3 is 0 Å². The summed E-state index contributed by atoms with van der Waals surface area (Å²) in [6.07, 6.45) is 2.15. The molecule has 0 spiro atoms. The molecule has 18 heavy (non-hydrogen) atoms. The Kier molecular flexibility index (Phi) is 7.23. The third kappa shape index (κ3) is 4.92. The van der Waals surface area contributed by atoms with Gasteiger partial charge in [0.1, 0.15) is 0 Å². The summed E-state index contributed by atoms with van der Waals surface area (Å²) in [4.78, 5) is 16.4. The van der Waals surface area contributed by atoms with Crippen LogP contribution in [-0.2, 0) is 4.79 Å². The first kappa shape index (κ1) is 15.4. The molecule has 0 aromatic heterocycles. The quantitative estimate of drug-likeness (QED) is 0.626. The van der Waals surface area contributed by atoms with Gasteiger partial charge in [-0.05, 0) is 13.3 Å². The van der Waals surface area contributed by atoms with Crippen LogP contribution in [0.5, 0.6) is 0 Å². The van der Waals surface area contributed by atoms with Crippen LogP contribution in [0.1, 0.15) is 26.7 Å². The van der Waals surface area contributed by atoms with Crippen LogP contribution >= 0.6 is 0 Å². The van der Waals surface area contributed by atoms with E-state index >= 15 is 0 Å². The van der Waals surface area contributed by atoms with Crippen LogP contribution in [0.25, 0.3) is 0 Å². The van der Waals surface area contributed by atoms with E-state index < -0.39 is 0 Å². The number of aliphatic hydroxyl groups is 1. The van der Waals surface area contributed by atoms with E-state index in [2.05, 4.69) is 22.0 Å². The topological polar surface area (TPSA) is 55.8 Å². The number of unbranched alkanes of at least 4 members (excludes halogenated alkanes) is 1. The molecule has 1 unspecified atom stereocenters. The fourth-order valence-electron chi connectivity index (χ4n) is 2.22. The molecule has 0 radical (unpaired) electrons. The number of hydrogen-bond acceptors (Lipinski definition) is 4. The number of carbonyl (C=O) groups excluding carboxylic acids is 1. The van der Waals surface area contributed by atoms with Crippen LogP contribution in [0.4, 0.5) is 0 Å². The molecule has 1 aliphatic heterocycles. The molecular formula is C13H27N3O2. The minimum atomic E-state index is -0.0434. The molecule has 1 saturated heterocycles. The normalized spacial score (nSPS) is 19.7. The summed E-state index contributed by atoms with van der Waals surface area (Å²) in [5, 5.41) is 11.9. The van der Waals surface area contributed by atoms with Crippen LogP contribution in [0.2, 0.25) is 0 Å². The van der Waals surface area contributed by atoms with Crippen LogP contribution in [0.15, 0.2) is 0 Å². The van der Waals surface area contributed by atoms with Crippen molar-refractivity contribution in [1.29, 1.82) is 0 Å². The van der Waals surface area contributed by atoms with Gasteiger partial charge in [0.25, 0.3) is 0 Å². The zero-order valence-electron chi connectivity index (χ0n) is 11.7. The smallest absolute Gasteiger partial charge is 0.237 e. The second-order valence-electron chi connectivity index (χ2n) is 4.92. The Morgan fingerprint density at radius 3 is 2.56 bits per heavy atom. The molecule has 0 aromatic carbocycles. The molecule has 0 saturated carbocycles. The Labute approximate surface area is 110 Å². The summed E-state index contributed by atoms with van der Waals surface area (Å²) in [6.45, 7) is 9.52. The number of rotatable bonds is 7. The van der Waals surface area contributed by atoms with Crippen molar-refractivity contribution < 1.29 is 9.90 Å². The van der Waals surface area contributed by atoms with Crippen molar-refractivity contribution in [3.05, 3.63) is 0 Å². The number of nitrogens with one attached hydrogen (secondary N) is 1. The highest BCUT2D eigenvalue weighted by Crippen LogP contribution is 2.06. The summed E-state index contributed by atoms with van der Waals surface area (Å²) in [6, 6.07) is -0.0434. The molecule has 0 aliphatic carbocycles. The minimum absolute atomic E-state index is 0.0434. The van der Waals surface area contributed by atoms with Crippen molar-refractivity contribution >= 4 is 5.91 Å². The van der Waals surface area contributed by atoms with Gasteiger partial charge in [0.05, 0.1) is 12.6 Å². The fourth-order valence-corrected chi connectivity index (χ4v) is 2.22. The van der Waals surface area contributed by atoms with E-state index in [0.29, 0.717) is 0 Å². The van der Waals surface area contributed by atoms with E-state index in [1.807, 2.05) is 6.92 Å². The summed E-state index contributed by atoms with van der Waals surface area (Å²) in [5.74, 6) is 0.138. The van der Waals surface area contributed by atoms with Gasteiger partial charge in [0, 0.05) is 39.3 Å². The Bertz CT molecular complexity index is 240. The maximum atomic E-state index is 11.9. The maximum absolute atomic E-state index is 11.9. The van der Waals surface area contributed by atoms with Gasteiger partial charge in [0.15, 0.2) is 0 Å². The van der Waals surface area contributed by atoms with E-state index in [1.165, 1.54) is 0 Å². The highest BCUT2D eigenvalue weighted by Gasteiger charge is 2.24. The maximum Gasteiger partial charge on any atom is 0.237 e. The minimum Gasteiger partial charge on any atom is -0.395 e. The van der Waals surface area contributed by atoms with Crippen LogP contribution in [0.3, 0.4) is 0 Å². The van der Waals surface area contributed by atoms with E-state index in [4.69, 9.17) is 5.11 Å². The standard InChI is InChI=1S/C13H27N3O2/c1-3-4-5-14-13(18)12(2)16-8-6-15(7-9-16)10-11-17/h12,17H,3-11H2,1-2H3,(H,14,18). The lowest BCUT2D eigenvalue weighted by molar-refractivity contribution is -0.126. The van der Waals surface area contributed by atoms with Crippen molar-refractivity contribution in [2.75, 3.05) is 45.9 Å². The van der Waals surface area contributed by atoms with E-state index in [9.17, 15) is 4.79 Å².